The van der Waals surface area contributed by atoms with Crippen molar-refractivity contribution >= 4 is 16.1 Å². The van der Waals surface area contributed by atoms with Crippen molar-refractivity contribution in [2.75, 3.05) is 6.61 Å². The first-order valence-corrected chi connectivity index (χ1v) is 7.33. The summed E-state index contributed by atoms with van der Waals surface area (Å²) in [6.07, 6.45) is 1.30. The summed E-state index contributed by atoms with van der Waals surface area (Å²) in [6, 6.07) is 0. The van der Waals surface area contributed by atoms with Crippen LogP contribution in [0.3, 0.4) is 0 Å². The lowest BCUT2D eigenvalue weighted by molar-refractivity contribution is -0.170. The van der Waals surface area contributed by atoms with E-state index >= 15 is 0 Å². The van der Waals surface area contributed by atoms with Crippen LogP contribution in [0.1, 0.15) is 25.7 Å². The van der Waals surface area contributed by atoms with Gasteiger partial charge in [-0.15, -0.1) is 0 Å². The minimum absolute atomic E-state index is 0.133. The van der Waals surface area contributed by atoms with Crippen LogP contribution in [0.25, 0.3) is 0 Å². The lowest BCUT2D eigenvalue weighted by Gasteiger charge is -2.30. The Bertz CT molecular complexity index is 463. The number of ether oxygens (including phenoxy) is 2. The number of rotatable bonds is 3. The Balaban J connectivity index is 1.96. The van der Waals surface area contributed by atoms with E-state index in [1.54, 1.807) is 0 Å². The van der Waals surface area contributed by atoms with Crippen LogP contribution in [0.4, 0.5) is 8.78 Å². The Morgan fingerprint density at radius 2 is 2.00 bits per heavy atom. The van der Waals surface area contributed by atoms with Crippen LogP contribution in [0.2, 0.25) is 0 Å². The highest BCUT2D eigenvalue weighted by molar-refractivity contribution is 7.87. The zero-order chi connectivity index (χ0) is 14.3. The zero-order valence-corrected chi connectivity index (χ0v) is 10.7. The van der Waals surface area contributed by atoms with Crippen LogP contribution >= 0.6 is 0 Å². The number of fused-ring (bicyclic) bond motifs is 1. The van der Waals surface area contributed by atoms with E-state index in [1.807, 2.05) is 0 Å². The van der Waals surface area contributed by atoms with Crippen LogP contribution < -0.4 is 0 Å². The van der Waals surface area contributed by atoms with Crippen molar-refractivity contribution in [3.8, 4) is 0 Å². The van der Waals surface area contributed by atoms with Crippen LogP contribution in [0.15, 0.2) is 0 Å². The largest absolute Gasteiger partial charge is 0.465 e. The molecule has 1 aliphatic carbocycles. The molecular formula is C10H14F2O6S. The highest BCUT2D eigenvalue weighted by Gasteiger charge is 2.55. The Morgan fingerprint density at radius 3 is 2.63 bits per heavy atom. The van der Waals surface area contributed by atoms with Crippen LogP contribution in [-0.4, -0.2) is 43.0 Å². The van der Waals surface area contributed by atoms with Gasteiger partial charge in [-0.05, 0) is 25.2 Å². The number of hydrogen-bond acceptors (Lipinski definition) is 5. The maximum Gasteiger partial charge on any atom is 0.465 e. The zero-order valence-electron chi connectivity index (χ0n) is 9.92. The maximum atomic E-state index is 13.0. The number of carbonyl (C=O) groups is 1. The van der Waals surface area contributed by atoms with Crippen molar-refractivity contribution in [1.29, 1.82) is 0 Å². The summed E-state index contributed by atoms with van der Waals surface area (Å²) in [5, 5.41) is -4.93. The van der Waals surface area contributed by atoms with Gasteiger partial charge in [0.05, 0.1) is 6.10 Å². The molecule has 0 amide bonds. The summed E-state index contributed by atoms with van der Waals surface area (Å²) in [7, 11) is -5.81. The molecule has 1 saturated heterocycles. The first-order valence-electron chi connectivity index (χ1n) is 5.89. The number of hydrogen-bond donors (Lipinski definition) is 1. The second-order valence-electron chi connectivity index (χ2n) is 4.79. The minimum Gasteiger partial charge on any atom is -0.457 e. The molecule has 0 aromatic heterocycles. The number of carbonyl (C=O) groups excluding carboxylic acids is 1. The van der Waals surface area contributed by atoms with Gasteiger partial charge in [-0.3, -0.25) is 4.55 Å². The molecule has 9 heteroatoms. The summed E-state index contributed by atoms with van der Waals surface area (Å²) in [6.45, 7) is 0.594. The van der Waals surface area contributed by atoms with E-state index in [2.05, 4.69) is 4.74 Å². The summed E-state index contributed by atoms with van der Waals surface area (Å²) < 4.78 is 65.0. The maximum absolute atomic E-state index is 13.0. The predicted molar refractivity (Wildman–Crippen MR) is 58.1 cm³/mol. The molecule has 0 spiro atoms. The molecule has 3 atom stereocenters. The molecule has 110 valence electrons. The first kappa shape index (κ1) is 14.6. The normalized spacial score (nSPS) is 31.8. The van der Waals surface area contributed by atoms with Crippen molar-refractivity contribution < 1.29 is 36.0 Å². The van der Waals surface area contributed by atoms with Crippen LogP contribution in [-0.2, 0) is 24.4 Å². The average molecular weight is 300 g/mol. The van der Waals surface area contributed by atoms with Gasteiger partial charge in [0.2, 0.25) is 0 Å². The van der Waals surface area contributed by atoms with Gasteiger partial charge < -0.3 is 9.47 Å². The number of halogens is 2. The molecular weight excluding hydrogens is 286 g/mol. The molecule has 1 N–H and O–H groups in total. The van der Waals surface area contributed by atoms with Gasteiger partial charge >= 0.3 is 21.3 Å². The molecule has 6 nitrogen and oxygen atoms in total. The van der Waals surface area contributed by atoms with E-state index in [-0.39, 0.29) is 12.5 Å². The van der Waals surface area contributed by atoms with Gasteiger partial charge in [0.15, 0.2) is 0 Å². The quantitative estimate of drug-likeness (QED) is 0.617. The fourth-order valence-electron chi connectivity index (χ4n) is 2.49. The van der Waals surface area contributed by atoms with Crippen LogP contribution in [0.5, 0.6) is 0 Å². The van der Waals surface area contributed by atoms with E-state index in [0.717, 1.165) is 6.42 Å². The van der Waals surface area contributed by atoms with E-state index in [1.165, 1.54) is 0 Å². The number of alkyl halides is 2. The molecule has 0 radical (unpaired) electrons. The SMILES string of the molecule is O=C(OC1CCC2CCOC2C1)C(F)(F)S(=O)(=O)O. The highest BCUT2D eigenvalue weighted by atomic mass is 32.2. The molecule has 1 heterocycles. The Kier molecular flexibility index (Phi) is 3.80. The molecule has 0 bridgehead atoms. The van der Waals surface area contributed by atoms with E-state index in [9.17, 15) is 22.0 Å². The summed E-state index contributed by atoms with van der Waals surface area (Å²) >= 11 is 0. The molecule has 2 rings (SSSR count). The van der Waals surface area contributed by atoms with Crippen molar-refractivity contribution in [3.63, 3.8) is 0 Å². The second-order valence-corrected chi connectivity index (χ2v) is 6.25. The molecule has 0 aromatic rings. The number of esters is 1. The van der Waals surface area contributed by atoms with E-state index in [4.69, 9.17) is 9.29 Å². The summed E-state index contributed by atoms with van der Waals surface area (Å²) in [5.74, 6) is -1.89. The topological polar surface area (TPSA) is 89.9 Å². The average Bonchev–Trinajstić information content (AvgIpc) is 2.74. The van der Waals surface area contributed by atoms with Crippen LogP contribution in [0, 0.1) is 5.92 Å². The molecule has 2 aliphatic rings. The Morgan fingerprint density at radius 1 is 1.32 bits per heavy atom. The van der Waals surface area contributed by atoms with Crippen molar-refractivity contribution in [3.05, 3.63) is 0 Å². The third-order valence-corrected chi connectivity index (χ3v) is 4.35. The Hall–Kier alpha value is -0.800. The van der Waals surface area contributed by atoms with Crippen molar-refractivity contribution in [1.82, 2.24) is 0 Å². The predicted octanol–water partition coefficient (Wildman–Crippen LogP) is 0.968. The molecule has 2 fully saturated rings. The molecule has 0 aromatic carbocycles. The lowest BCUT2D eigenvalue weighted by Crippen LogP contribution is -2.42. The lowest BCUT2D eigenvalue weighted by atomic mass is 9.84. The fraction of sp³-hybridized carbons (Fsp3) is 0.900. The third-order valence-electron chi connectivity index (χ3n) is 3.54. The van der Waals surface area contributed by atoms with E-state index < -0.39 is 27.4 Å². The molecule has 3 unspecified atom stereocenters. The van der Waals surface area contributed by atoms with Gasteiger partial charge in [0, 0.05) is 13.0 Å². The standard InChI is InChI=1S/C10H14F2O6S/c11-10(12,19(14,15)16)9(13)18-7-2-1-6-3-4-17-8(6)5-7/h6-8H,1-5H2,(H,14,15,16). The summed E-state index contributed by atoms with van der Waals surface area (Å²) in [5.41, 5.74) is 0. The molecule has 1 saturated carbocycles. The van der Waals surface area contributed by atoms with E-state index in [0.29, 0.717) is 25.4 Å². The van der Waals surface area contributed by atoms with Gasteiger partial charge in [-0.2, -0.15) is 17.2 Å². The fourth-order valence-corrected chi connectivity index (χ4v) is 2.75. The monoisotopic (exact) mass is 300 g/mol. The second kappa shape index (κ2) is 4.95. The van der Waals surface area contributed by atoms with Gasteiger partial charge in [-0.25, -0.2) is 4.79 Å². The smallest absolute Gasteiger partial charge is 0.457 e. The highest BCUT2D eigenvalue weighted by Crippen LogP contribution is 2.36. The molecule has 19 heavy (non-hydrogen) atoms. The van der Waals surface area contributed by atoms with Gasteiger partial charge in [-0.1, -0.05) is 0 Å². The van der Waals surface area contributed by atoms with Crippen molar-refractivity contribution in [2.24, 2.45) is 5.92 Å². The summed E-state index contributed by atoms with van der Waals surface area (Å²) in [4.78, 5) is 11.1. The van der Waals surface area contributed by atoms with Gasteiger partial charge in [0.1, 0.15) is 6.10 Å². The van der Waals surface area contributed by atoms with Crippen molar-refractivity contribution in [2.45, 2.75) is 43.1 Å². The van der Waals surface area contributed by atoms with Gasteiger partial charge in [0.25, 0.3) is 0 Å². The Labute approximate surface area is 108 Å². The third kappa shape index (κ3) is 2.87. The first-order chi connectivity index (χ1) is 8.72. The minimum atomic E-state index is -5.81. The molecule has 1 aliphatic heterocycles.